The predicted octanol–water partition coefficient (Wildman–Crippen LogP) is 4.65. The molecule has 3 amide bonds. The summed E-state index contributed by atoms with van der Waals surface area (Å²) in [5, 5.41) is 2.82. The average molecular weight is 456 g/mol. The Kier molecular flexibility index (Phi) is 5.39. The minimum absolute atomic E-state index is 0.0983. The van der Waals surface area contributed by atoms with E-state index >= 15 is 0 Å². The lowest BCUT2D eigenvalue weighted by Crippen LogP contribution is -2.46. The van der Waals surface area contributed by atoms with Crippen molar-refractivity contribution in [2.75, 3.05) is 6.54 Å². The molecule has 0 bridgehead atoms. The summed E-state index contributed by atoms with van der Waals surface area (Å²) in [6, 6.07) is 21.7. The molecule has 0 spiro atoms. The van der Waals surface area contributed by atoms with Crippen molar-refractivity contribution in [2.45, 2.75) is 45.2 Å². The van der Waals surface area contributed by atoms with Crippen molar-refractivity contribution in [2.24, 2.45) is 5.92 Å². The molecule has 1 saturated carbocycles. The van der Waals surface area contributed by atoms with Gasteiger partial charge in [-0.1, -0.05) is 60.7 Å². The zero-order valence-corrected chi connectivity index (χ0v) is 19.7. The summed E-state index contributed by atoms with van der Waals surface area (Å²) in [6.07, 6.45) is 1.84. The monoisotopic (exact) mass is 455 g/mol. The molecule has 1 atom stereocenters. The standard InChI is InChI=1S/C28H29N3O3/c1-18-16-23(24(32)17-30-26(33)28(3,22-14-15-22)29-27(30)34)19(2)31(18)25(20-10-6-4-7-11-20)21-12-8-5-9-13-21/h4-13,16,22,25H,14-15,17H2,1-3H3,(H,29,34). The quantitative estimate of drug-likeness (QED) is 0.417. The lowest BCUT2D eigenvalue weighted by molar-refractivity contribution is -0.131. The summed E-state index contributed by atoms with van der Waals surface area (Å²) in [7, 11) is 0. The number of carbonyl (C=O) groups excluding carboxylic acids is 3. The second-order valence-electron chi connectivity index (χ2n) is 9.60. The van der Waals surface area contributed by atoms with Gasteiger partial charge >= 0.3 is 6.03 Å². The molecule has 2 heterocycles. The van der Waals surface area contributed by atoms with Gasteiger partial charge < -0.3 is 9.88 Å². The molecule has 34 heavy (non-hydrogen) atoms. The number of benzene rings is 2. The number of nitrogens with zero attached hydrogens (tertiary/aromatic N) is 2. The molecule has 0 radical (unpaired) electrons. The molecule has 6 heteroatoms. The van der Waals surface area contributed by atoms with Crippen LogP contribution < -0.4 is 5.32 Å². The van der Waals surface area contributed by atoms with Gasteiger partial charge in [-0.25, -0.2) is 4.79 Å². The van der Waals surface area contributed by atoms with Gasteiger partial charge in [-0.2, -0.15) is 0 Å². The number of hydrogen-bond donors (Lipinski definition) is 1. The molecule has 2 aromatic carbocycles. The Morgan fingerprint density at radius 3 is 2.09 bits per heavy atom. The number of nitrogens with one attached hydrogen (secondary N) is 1. The van der Waals surface area contributed by atoms with E-state index in [1.54, 1.807) is 6.92 Å². The van der Waals surface area contributed by atoms with Crippen LogP contribution in [0.5, 0.6) is 0 Å². The second kappa shape index (κ2) is 8.28. The van der Waals surface area contributed by atoms with E-state index in [1.807, 2.05) is 56.3 Å². The van der Waals surface area contributed by atoms with Crippen LogP contribution in [0.15, 0.2) is 66.7 Å². The van der Waals surface area contributed by atoms with Crippen molar-refractivity contribution in [3.8, 4) is 0 Å². The molecular formula is C28H29N3O3. The van der Waals surface area contributed by atoms with Gasteiger partial charge in [0.25, 0.3) is 5.91 Å². The SMILES string of the molecule is Cc1cc(C(=O)CN2C(=O)NC(C)(C3CC3)C2=O)c(C)n1C(c1ccccc1)c1ccccc1. The van der Waals surface area contributed by atoms with Crippen LogP contribution in [-0.4, -0.2) is 39.3 Å². The number of aryl methyl sites for hydroxylation is 1. The number of ketones is 1. The Morgan fingerprint density at radius 2 is 1.56 bits per heavy atom. The molecule has 5 rings (SSSR count). The van der Waals surface area contributed by atoms with Crippen LogP contribution in [0.1, 0.15) is 58.7 Å². The number of urea groups is 1. The van der Waals surface area contributed by atoms with E-state index in [0.717, 1.165) is 40.3 Å². The summed E-state index contributed by atoms with van der Waals surface area (Å²) >= 11 is 0. The molecule has 1 N–H and O–H groups in total. The highest BCUT2D eigenvalue weighted by Gasteiger charge is 2.56. The Morgan fingerprint density at radius 1 is 1.00 bits per heavy atom. The zero-order chi connectivity index (χ0) is 24.0. The van der Waals surface area contributed by atoms with Gasteiger partial charge in [0, 0.05) is 17.0 Å². The van der Waals surface area contributed by atoms with E-state index in [4.69, 9.17) is 0 Å². The van der Waals surface area contributed by atoms with Gasteiger partial charge in [0.2, 0.25) is 0 Å². The van der Waals surface area contributed by atoms with Crippen LogP contribution >= 0.6 is 0 Å². The highest BCUT2D eigenvalue weighted by molar-refractivity contribution is 6.11. The van der Waals surface area contributed by atoms with Crippen molar-refractivity contribution in [1.82, 2.24) is 14.8 Å². The number of hydrogen-bond acceptors (Lipinski definition) is 3. The summed E-state index contributed by atoms with van der Waals surface area (Å²) in [6.45, 7) is 5.43. The maximum atomic E-state index is 13.4. The van der Waals surface area contributed by atoms with E-state index in [0.29, 0.717) is 5.56 Å². The van der Waals surface area contributed by atoms with Crippen LogP contribution in [0.2, 0.25) is 0 Å². The fourth-order valence-electron chi connectivity index (χ4n) is 5.24. The largest absolute Gasteiger partial charge is 0.337 e. The van der Waals surface area contributed by atoms with Gasteiger partial charge in [-0.3, -0.25) is 14.5 Å². The van der Waals surface area contributed by atoms with Gasteiger partial charge in [0.05, 0.1) is 12.6 Å². The van der Waals surface area contributed by atoms with E-state index in [-0.39, 0.29) is 30.2 Å². The van der Waals surface area contributed by atoms with Crippen molar-refractivity contribution < 1.29 is 14.4 Å². The third kappa shape index (κ3) is 3.63. The Balaban J connectivity index is 1.48. The Hall–Kier alpha value is -3.67. The van der Waals surface area contributed by atoms with Crippen molar-refractivity contribution >= 4 is 17.7 Å². The minimum Gasteiger partial charge on any atom is -0.337 e. The number of aromatic nitrogens is 1. The third-order valence-electron chi connectivity index (χ3n) is 7.27. The maximum Gasteiger partial charge on any atom is 0.325 e. The highest BCUT2D eigenvalue weighted by Crippen LogP contribution is 2.42. The lowest BCUT2D eigenvalue weighted by Gasteiger charge is -2.24. The fraction of sp³-hybridized carbons (Fsp3) is 0.321. The normalized spacial score (nSPS) is 20.2. The lowest BCUT2D eigenvalue weighted by atomic mass is 9.96. The van der Waals surface area contributed by atoms with E-state index < -0.39 is 11.6 Å². The first-order valence-corrected chi connectivity index (χ1v) is 11.8. The predicted molar refractivity (Wildman–Crippen MR) is 130 cm³/mol. The van der Waals surface area contributed by atoms with Crippen molar-refractivity contribution in [3.05, 3.63) is 94.8 Å². The van der Waals surface area contributed by atoms with Crippen molar-refractivity contribution in [3.63, 3.8) is 0 Å². The van der Waals surface area contributed by atoms with Gasteiger partial charge in [-0.15, -0.1) is 0 Å². The molecule has 1 aliphatic carbocycles. The number of carbonyl (C=O) groups is 3. The molecule has 6 nitrogen and oxygen atoms in total. The first-order valence-electron chi connectivity index (χ1n) is 11.8. The molecule has 1 aliphatic heterocycles. The van der Waals surface area contributed by atoms with Crippen molar-refractivity contribution in [1.29, 1.82) is 0 Å². The maximum absolute atomic E-state index is 13.4. The number of Topliss-reactive ketones (excluding diaryl/α,β-unsaturated/α-hetero) is 1. The molecule has 1 unspecified atom stereocenters. The second-order valence-corrected chi connectivity index (χ2v) is 9.60. The van der Waals surface area contributed by atoms with Gasteiger partial charge in [0.15, 0.2) is 5.78 Å². The molecule has 2 aliphatic rings. The summed E-state index contributed by atoms with van der Waals surface area (Å²) < 4.78 is 2.16. The average Bonchev–Trinajstić information content (AvgIpc) is 3.62. The topological polar surface area (TPSA) is 71.4 Å². The molecule has 1 aromatic heterocycles. The molecule has 2 fully saturated rings. The van der Waals surface area contributed by atoms with Crippen LogP contribution in [0.3, 0.4) is 0 Å². The highest BCUT2D eigenvalue weighted by atomic mass is 16.2. The molecular weight excluding hydrogens is 426 g/mol. The number of imide groups is 1. The van der Waals surface area contributed by atoms with Crippen LogP contribution in [-0.2, 0) is 4.79 Å². The first-order chi connectivity index (χ1) is 16.3. The van der Waals surface area contributed by atoms with E-state index in [9.17, 15) is 14.4 Å². The van der Waals surface area contributed by atoms with E-state index in [2.05, 4.69) is 34.1 Å². The van der Waals surface area contributed by atoms with Crippen LogP contribution in [0.4, 0.5) is 4.79 Å². The zero-order valence-electron chi connectivity index (χ0n) is 19.7. The Bertz CT molecular complexity index is 1220. The Labute approximate surface area is 199 Å². The van der Waals surface area contributed by atoms with Crippen LogP contribution in [0.25, 0.3) is 0 Å². The van der Waals surface area contributed by atoms with Crippen LogP contribution in [0, 0.1) is 19.8 Å². The summed E-state index contributed by atoms with van der Waals surface area (Å²) in [5.74, 6) is -0.372. The fourth-order valence-corrected chi connectivity index (χ4v) is 5.24. The van der Waals surface area contributed by atoms with E-state index in [1.165, 1.54) is 0 Å². The smallest absolute Gasteiger partial charge is 0.325 e. The minimum atomic E-state index is -0.889. The molecule has 1 saturated heterocycles. The summed E-state index contributed by atoms with van der Waals surface area (Å²) in [5.41, 5.74) is 3.64. The third-order valence-corrected chi connectivity index (χ3v) is 7.27. The molecule has 174 valence electrons. The molecule has 3 aromatic rings. The van der Waals surface area contributed by atoms with Gasteiger partial charge in [-0.05, 0) is 56.7 Å². The number of amides is 3. The number of rotatable bonds is 7. The summed E-state index contributed by atoms with van der Waals surface area (Å²) in [4.78, 5) is 40.0. The first kappa shape index (κ1) is 22.1. The van der Waals surface area contributed by atoms with Gasteiger partial charge in [0.1, 0.15) is 5.54 Å².